The number of nitrogens with zero attached hydrogens (tertiary/aromatic N) is 3. The number of benzene rings is 1. The van der Waals surface area contributed by atoms with Crippen molar-refractivity contribution in [3.63, 3.8) is 0 Å². The molecule has 2 saturated heterocycles. The van der Waals surface area contributed by atoms with Crippen LogP contribution in [-0.4, -0.2) is 63.6 Å². The van der Waals surface area contributed by atoms with Crippen molar-refractivity contribution >= 4 is 35.3 Å². The van der Waals surface area contributed by atoms with E-state index in [0.29, 0.717) is 25.1 Å². The van der Waals surface area contributed by atoms with Crippen LogP contribution < -0.4 is 5.32 Å². The van der Waals surface area contributed by atoms with E-state index in [1.165, 1.54) is 5.01 Å². The number of urea groups is 1. The zero-order valence-corrected chi connectivity index (χ0v) is 14.4. The largest absolute Gasteiger partial charge is 0.325 e. The van der Waals surface area contributed by atoms with Crippen LogP contribution in [-0.2, 0) is 9.59 Å². The molecule has 1 aromatic rings. The smallest absolute Gasteiger partial charge is 0.322 e. The van der Waals surface area contributed by atoms with Gasteiger partial charge in [0.25, 0.3) is 11.8 Å². The van der Waals surface area contributed by atoms with Crippen molar-refractivity contribution in [1.82, 2.24) is 15.2 Å². The van der Waals surface area contributed by atoms with E-state index in [1.807, 2.05) is 30.3 Å². The van der Waals surface area contributed by atoms with E-state index in [-0.39, 0.29) is 18.4 Å². The highest BCUT2D eigenvalue weighted by Gasteiger charge is 2.53. The van der Waals surface area contributed by atoms with Gasteiger partial charge in [0.15, 0.2) is 0 Å². The van der Waals surface area contributed by atoms with Gasteiger partial charge in [-0.05, 0) is 17.7 Å². The number of amides is 4. The first-order valence-electron chi connectivity index (χ1n) is 8.24. The molecule has 25 heavy (non-hydrogen) atoms. The predicted molar refractivity (Wildman–Crippen MR) is 94.2 cm³/mol. The molecule has 2 fully saturated rings. The maximum Gasteiger partial charge on any atom is 0.325 e. The van der Waals surface area contributed by atoms with Gasteiger partial charge in [-0.2, -0.15) is 16.9 Å². The van der Waals surface area contributed by atoms with E-state index < -0.39 is 11.6 Å². The molecule has 1 spiro atoms. The Hall–Kier alpha value is -2.35. The Morgan fingerprint density at radius 3 is 2.80 bits per heavy atom. The summed E-state index contributed by atoms with van der Waals surface area (Å²) in [7, 11) is 0. The molecule has 0 aromatic heterocycles. The van der Waals surface area contributed by atoms with Gasteiger partial charge in [-0.25, -0.2) is 9.80 Å². The van der Waals surface area contributed by atoms with Crippen molar-refractivity contribution in [3.05, 3.63) is 35.9 Å². The summed E-state index contributed by atoms with van der Waals surface area (Å²) >= 11 is 1.64. The van der Waals surface area contributed by atoms with Crippen molar-refractivity contribution in [2.24, 2.45) is 5.10 Å². The van der Waals surface area contributed by atoms with Gasteiger partial charge in [-0.15, -0.1) is 0 Å². The Balaban J connectivity index is 1.45. The van der Waals surface area contributed by atoms with Crippen LogP contribution in [0.15, 0.2) is 35.4 Å². The third-order valence-corrected chi connectivity index (χ3v) is 5.95. The molecule has 3 aliphatic heterocycles. The molecular formula is C17H18N4O3S. The monoisotopic (exact) mass is 358 g/mol. The minimum atomic E-state index is -0.814. The highest BCUT2D eigenvalue weighted by molar-refractivity contribution is 7.99. The normalized spacial score (nSPS) is 25.7. The SMILES string of the molecule is O=C(CN1C(=O)NC2(CCSC2)C1=O)N1CCC(c2ccccc2)=N1. The molecule has 0 radical (unpaired) electrons. The van der Waals surface area contributed by atoms with E-state index in [9.17, 15) is 14.4 Å². The van der Waals surface area contributed by atoms with Crippen LogP contribution in [0.25, 0.3) is 0 Å². The highest BCUT2D eigenvalue weighted by Crippen LogP contribution is 2.33. The molecule has 1 aromatic carbocycles. The average Bonchev–Trinajstić information content (AvgIpc) is 3.33. The number of rotatable bonds is 3. The molecule has 1 N–H and O–H groups in total. The summed E-state index contributed by atoms with van der Waals surface area (Å²) in [5.41, 5.74) is 1.01. The summed E-state index contributed by atoms with van der Waals surface area (Å²) in [5.74, 6) is 0.784. The standard InChI is InChI=1S/C17H18N4O3S/c22-14(21-8-6-13(19-21)12-4-2-1-3-5-12)10-20-15(23)17(18-16(20)24)7-9-25-11-17/h1-5H,6-11H2,(H,18,24). The summed E-state index contributed by atoms with van der Waals surface area (Å²) in [4.78, 5) is 38.3. The topological polar surface area (TPSA) is 82.1 Å². The molecule has 3 heterocycles. The van der Waals surface area contributed by atoms with Crippen LogP contribution in [0.5, 0.6) is 0 Å². The fraction of sp³-hybridized carbons (Fsp3) is 0.412. The fourth-order valence-corrected chi connectivity index (χ4v) is 4.67. The van der Waals surface area contributed by atoms with Gasteiger partial charge >= 0.3 is 6.03 Å². The van der Waals surface area contributed by atoms with Gasteiger partial charge < -0.3 is 5.32 Å². The van der Waals surface area contributed by atoms with Gasteiger partial charge in [-0.1, -0.05) is 30.3 Å². The van der Waals surface area contributed by atoms with E-state index in [4.69, 9.17) is 0 Å². The second-order valence-electron chi connectivity index (χ2n) is 6.39. The van der Waals surface area contributed by atoms with Gasteiger partial charge in [0.1, 0.15) is 12.1 Å². The van der Waals surface area contributed by atoms with Gasteiger partial charge in [0.05, 0.1) is 12.3 Å². The van der Waals surface area contributed by atoms with Crippen molar-refractivity contribution in [1.29, 1.82) is 0 Å². The van der Waals surface area contributed by atoms with Crippen LogP contribution in [0, 0.1) is 0 Å². The summed E-state index contributed by atoms with van der Waals surface area (Å²) in [6.45, 7) is 0.205. The van der Waals surface area contributed by atoms with E-state index in [0.717, 1.165) is 21.9 Å². The minimum Gasteiger partial charge on any atom is -0.322 e. The van der Waals surface area contributed by atoms with Crippen molar-refractivity contribution in [2.75, 3.05) is 24.6 Å². The molecule has 3 aliphatic rings. The minimum absolute atomic E-state index is 0.261. The molecule has 1 atom stereocenters. The van der Waals surface area contributed by atoms with Gasteiger partial charge in [-0.3, -0.25) is 14.5 Å². The third kappa shape index (κ3) is 2.80. The summed E-state index contributed by atoms with van der Waals surface area (Å²) < 4.78 is 0. The number of hydrogen-bond donors (Lipinski definition) is 1. The number of thioether (sulfide) groups is 1. The van der Waals surface area contributed by atoms with Gasteiger partial charge in [0, 0.05) is 12.2 Å². The quantitative estimate of drug-likeness (QED) is 0.819. The molecule has 130 valence electrons. The molecule has 4 rings (SSSR count). The van der Waals surface area contributed by atoms with Crippen molar-refractivity contribution < 1.29 is 14.4 Å². The maximum atomic E-state index is 12.6. The Kier molecular flexibility index (Phi) is 3.99. The zero-order chi connectivity index (χ0) is 17.4. The molecule has 0 bridgehead atoms. The molecule has 1 unspecified atom stereocenters. The Morgan fingerprint density at radius 2 is 2.08 bits per heavy atom. The lowest BCUT2D eigenvalue weighted by Crippen LogP contribution is -2.47. The maximum absolute atomic E-state index is 12.6. The Bertz CT molecular complexity index is 758. The lowest BCUT2D eigenvalue weighted by Gasteiger charge is -2.20. The van der Waals surface area contributed by atoms with E-state index in [1.54, 1.807) is 11.8 Å². The molecule has 0 aliphatic carbocycles. The predicted octanol–water partition coefficient (Wildman–Crippen LogP) is 1.05. The molecule has 7 nitrogen and oxygen atoms in total. The molecule has 8 heteroatoms. The zero-order valence-electron chi connectivity index (χ0n) is 13.6. The Labute approximate surface area is 149 Å². The third-order valence-electron chi connectivity index (χ3n) is 4.76. The Morgan fingerprint density at radius 1 is 1.28 bits per heavy atom. The fourth-order valence-electron chi connectivity index (χ4n) is 3.34. The van der Waals surface area contributed by atoms with Crippen LogP contribution in [0.4, 0.5) is 4.79 Å². The first-order valence-corrected chi connectivity index (χ1v) is 9.40. The summed E-state index contributed by atoms with van der Waals surface area (Å²) in [6.07, 6.45) is 1.28. The first-order chi connectivity index (χ1) is 12.1. The highest BCUT2D eigenvalue weighted by atomic mass is 32.2. The number of nitrogens with one attached hydrogen (secondary N) is 1. The summed E-state index contributed by atoms with van der Waals surface area (Å²) in [6, 6.07) is 9.20. The van der Waals surface area contributed by atoms with Gasteiger partial charge in [0.2, 0.25) is 0 Å². The molecule has 0 saturated carbocycles. The van der Waals surface area contributed by atoms with Crippen LogP contribution >= 0.6 is 11.8 Å². The van der Waals surface area contributed by atoms with Crippen LogP contribution in [0.3, 0.4) is 0 Å². The van der Waals surface area contributed by atoms with Crippen molar-refractivity contribution in [2.45, 2.75) is 18.4 Å². The van der Waals surface area contributed by atoms with E-state index >= 15 is 0 Å². The lowest BCUT2D eigenvalue weighted by molar-refractivity contribution is -0.138. The van der Waals surface area contributed by atoms with Crippen LogP contribution in [0.1, 0.15) is 18.4 Å². The number of hydrogen-bond acceptors (Lipinski definition) is 5. The van der Waals surface area contributed by atoms with Crippen molar-refractivity contribution in [3.8, 4) is 0 Å². The number of imide groups is 1. The molecular weight excluding hydrogens is 340 g/mol. The molecule has 4 amide bonds. The summed E-state index contributed by atoms with van der Waals surface area (Å²) in [5, 5.41) is 8.49. The average molecular weight is 358 g/mol. The number of hydrazone groups is 1. The second kappa shape index (κ2) is 6.18. The van der Waals surface area contributed by atoms with E-state index in [2.05, 4.69) is 10.4 Å². The number of carbonyl (C=O) groups excluding carboxylic acids is 3. The van der Waals surface area contributed by atoms with Crippen LogP contribution in [0.2, 0.25) is 0 Å². The first kappa shape index (κ1) is 16.1. The lowest BCUT2D eigenvalue weighted by atomic mass is 9.99. The number of carbonyl (C=O) groups is 3. The second-order valence-corrected chi connectivity index (χ2v) is 7.49.